The molecule has 0 spiro atoms. The molecule has 3 rings (SSSR count). The maximum absolute atomic E-state index is 12.3. The number of carboxylic acids is 1. The fourth-order valence-electron chi connectivity index (χ4n) is 2.44. The summed E-state index contributed by atoms with van der Waals surface area (Å²) in [6, 6.07) is 13.4. The first-order valence-corrected chi connectivity index (χ1v) is 7.83. The first-order chi connectivity index (χ1) is 12.5. The molecule has 0 aliphatic rings. The molecule has 1 aromatic heterocycles. The highest BCUT2D eigenvalue weighted by Crippen LogP contribution is 2.12. The van der Waals surface area contributed by atoms with Gasteiger partial charge in [-0.1, -0.05) is 24.3 Å². The van der Waals surface area contributed by atoms with Gasteiger partial charge in [0.25, 0.3) is 0 Å². The number of hydrogen-bond donors (Lipinski definition) is 2. The molecule has 130 valence electrons. The van der Waals surface area contributed by atoms with Gasteiger partial charge in [0.1, 0.15) is 11.8 Å². The van der Waals surface area contributed by atoms with Crippen LogP contribution in [0.1, 0.15) is 11.1 Å². The van der Waals surface area contributed by atoms with Crippen LogP contribution in [-0.4, -0.2) is 17.0 Å². The Morgan fingerprint density at radius 3 is 2.54 bits per heavy atom. The lowest BCUT2D eigenvalue weighted by molar-refractivity contribution is -0.136. The van der Waals surface area contributed by atoms with E-state index in [1.165, 1.54) is 18.4 Å². The third-order valence-electron chi connectivity index (χ3n) is 3.70. The molecule has 1 amide bonds. The van der Waals surface area contributed by atoms with Crippen LogP contribution in [0.2, 0.25) is 0 Å². The number of hydrogen-bond acceptors (Lipinski definition) is 4. The summed E-state index contributed by atoms with van der Waals surface area (Å²) >= 11 is 0. The fourth-order valence-corrected chi connectivity index (χ4v) is 2.44. The maximum atomic E-state index is 12.3. The quantitative estimate of drug-likeness (QED) is 0.690. The van der Waals surface area contributed by atoms with Crippen LogP contribution in [0, 0.1) is 0 Å². The molecule has 0 saturated heterocycles. The smallest absolute Gasteiger partial charge is 0.307 e. The number of carbonyl (C=O) groups is 2. The van der Waals surface area contributed by atoms with Gasteiger partial charge >= 0.3 is 5.97 Å². The molecule has 26 heavy (non-hydrogen) atoms. The molecule has 0 saturated carbocycles. The molecule has 6 heteroatoms. The number of benzene rings is 2. The number of nitrogens with one attached hydrogen (secondary N) is 1. The second-order valence-electron chi connectivity index (χ2n) is 5.61. The van der Waals surface area contributed by atoms with Gasteiger partial charge < -0.3 is 14.8 Å². The summed E-state index contributed by atoms with van der Waals surface area (Å²) < 4.78 is 5.39. The molecule has 0 aliphatic heterocycles. The van der Waals surface area contributed by atoms with Crippen molar-refractivity contribution in [3.8, 4) is 0 Å². The number of para-hydroxylation sites is 1. The van der Waals surface area contributed by atoms with Crippen LogP contribution in [0.5, 0.6) is 0 Å². The zero-order valence-corrected chi connectivity index (χ0v) is 13.6. The first kappa shape index (κ1) is 17.2. The summed E-state index contributed by atoms with van der Waals surface area (Å²) in [5, 5.41) is 11.8. The highest BCUT2D eigenvalue weighted by atomic mass is 16.4. The normalized spacial score (nSPS) is 10.9. The Morgan fingerprint density at radius 2 is 1.81 bits per heavy atom. The maximum Gasteiger partial charge on any atom is 0.307 e. The second kappa shape index (κ2) is 7.48. The zero-order chi connectivity index (χ0) is 18.5. The van der Waals surface area contributed by atoms with Gasteiger partial charge in [-0.15, -0.1) is 0 Å². The van der Waals surface area contributed by atoms with E-state index in [4.69, 9.17) is 9.52 Å². The minimum absolute atomic E-state index is 0.0775. The molecule has 0 fully saturated rings. The summed E-state index contributed by atoms with van der Waals surface area (Å²) in [7, 11) is 0. The topological polar surface area (TPSA) is 96.6 Å². The van der Waals surface area contributed by atoms with Crippen LogP contribution < -0.4 is 10.7 Å². The molecule has 0 radical (unpaired) electrons. The van der Waals surface area contributed by atoms with Crippen molar-refractivity contribution in [2.24, 2.45) is 0 Å². The highest BCUT2D eigenvalue weighted by Gasteiger charge is 2.05. The van der Waals surface area contributed by atoms with Gasteiger partial charge in [0.2, 0.25) is 5.91 Å². The SMILES string of the molecule is O=C(O)Cc1ccc(NC(=O)/C=C/c2coc3ccccc3c2=O)cc1. The number of amides is 1. The van der Waals surface area contributed by atoms with E-state index in [2.05, 4.69) is 5.32 Å². The van der Waals surface area contributed by atoms with E-state index in [0.717, 1.165) is 0 Å². The second-order valence-corrected chi connectivity index (χ2v) is 5.61. The average Bonchev–Trinajstić information content (AvgIpc) is 2.63. The van der Waals surface area contributed by atoms with Crippen molar-refractivity contribution < 1.29 is 19.1 Å². The number of fused-ring (bicyclic) bond motifs is 1. The number of rotatable bonds is 5. The Bertz CT molecular complexity index is 1050. The first-order valence-electron chi connectivity index (χ1n) is 7.83. The van der Waals surface area contributed by atoms with Crippen LogP contribution >= 0.6 is 0 Å². The van der Waals surface area contributed by atoms with Crippen molar-refractivity contribution in [3.63, 3.8) is 0 Å². The minimum Gasteiger partial charge on any atom is -0.481 e. The van der Waals surface area contributed by atoms with Gasteiger partial charge in [0, 0.05) is 11.8 Å². The van der Waals surface area contributed by atoms with Crippen LogP contribution in [0.15, 0.2) is 70.1 Å². The van der Waals surface area contributed by atoms with E-state index in [-0.39, 0.29) is 17.4 Å². The summed E-state index contributed by atoms with van der Waals surface area (Å²) in [6.07, 6.45) is 3.87. The lowest BCUT2D eigenvalue weighted by atomic mass is 10.1. The van der Waals surface area contributed by atoms with E-state index < -0.39 is 11.9 Å². The van der Waals surface area contributed by atoms with Gasteiger partial charge in [-0.3, -0.25) is 14.4 Å². The molecule has 2 N–H and O–H groups in total. The molecule has 0 bridgehead atoms. The predicted octanol–water partition coefficient (Wildman–Crippen LogP) is 3.07. The minimum atomic E-state index is -0.918. The Hall–Kier alpha value is -3.67. The van der Waals surface area contributed by atoms with Crippen molar-refractivity contribution in [1.29, 1.82) is 0 Å². The number of aliphatic carboxylic acids is 1. The molecule has 2 aromatic carbocycles. The molecule has 3 aromatic rings. The third kappa shape index (κ3) is 4.05. The molecule has 0 atom stereocenters. The van der Waals surface area contributed by atoms with Crippen molar-refractivity contribution >= 4 is 34.6 Å². The monoisotopic (exact) mass is 349 g/mol. The molecule has 0 unspecified atom stereocenters. The van der Waals surface area contributed by atoms with Crippen LogP contribution in [0.4, 0.5) is 5.69 Å². The Labute approximate surface area is 148 Å². The van der Waals surface area contributed by atoms with Gasteiger partial charge in [0.15, 0.2) is 5.43 Å². The molecule has 6 nitrogen and oxygen atoms in total. The molecule has 0 aliphatic carbocycles. The summed E-state index contributed by atoms with van der Waals surface area (Å²) in [4.78, 5) is 35.0. The predicted molar refractivity (Wildman–Crippen MR) is 97.9 cm³/mol. The summed E-state index contributed by atoms with van der Waals surface area (Å²) in [5.41, 5.74) is 1.71. The van der Waals surface area contributed by atoms with Crippen LogP contribution in [0.25, 0.3) is 17.0 Å². The summed E-state index contributed by atoms with van der Waals surface area (Å²) in [5.74, 6) is -1.33. The van der Waals surface area contributed by atoms with E-state index in [1.807, 2.05) is 0 Å². The van der Waals surface area contributed by atoms with Crippen LogP contribution in [0.3, 0.4) is 0 Å². The molecular weight excluding hydrogens is 334 g/mol. The average molecular weight is 349 g/mol. The number of carbonyl (C=O) groups excluding carboxylic acids is 1. The largest absolute Gasteiger partial charge is 0.481 e. The van der Waals surface area contributed by atoms with Gasteiger partial charge in [-0.05, 0) is 35.9 Å². The standard InChI is InChI=1S/C20H15NO5/c22-18(21-15-8-5-13(6-9-15)11-19(23)24)10-7-14-12-26-17-4-2-1-3-16(17)20(14)25/h1-10,12H,11H2,(H,21,22)(H,23,24)/b10-7+. The van der Waals surface area contributed by atoms with E-state index >= 15 is 0 Å². The van der Waals surface area contributed by atoms with Crippen molar-refractivity contribution in [2.45, 2.75) is 6.42 Å². The van der Waals surface area contributed by atoms with Crippen molar-refractivity contribution in [1.82, 2.24) is 0 Å². The van der Waals surface area contributed by atoms with Gasteiger partial charge in [-0.2, -0.15) is 0 Å². The lowest BCUT2D eigenvalue weighted by Crippen LogP contribution is -2.09. The Balaban J connectivity index is 1.71. The van der Waals surface area contributed by atoms with Crippen LogP contribution in [-0.2, 0) is 16.0 Å². The van der Waals surface area contributed by atoms with Crippen molar-refractivity contribution in [2.75, 3.05) is 5.32 Å². The Kier molecular flexibility index (Phi) is 4.94. The fraction of sp³-hybridized carbons (Fsp3) is 0.0500. The van der Waals surface area contributed by atoms with E-state index in [9.17, 15) is 14.4 Å². The van der Waals surface area contributed by atoms with Crippen molar-refractivity contribution in [3.05, 3.63) is 82.2 Å². The third-order valence-corrected chi connectivity index (χ3v) is 3.70. The number of carboxylic acid groups (broad SMARTS) is 1. The van der Waals surface area contributed by atoms with E-state index in [0.29, 0.717) is 22.2 Å². The lowest BCUT2D eigenvalue weighted by Gasteiger charge is -2.03. The van der Waals surface area contributed by atoms with Gasteiger partial charge in [0.05, 0.1) is 17.4 Å². The van der Waals surface area contributed by atoms with Gasteiger partial charge in [-0.25, -0.2) is 0 Å². The Morgan fingerprint density at radius 1 is 1.08 bits per heavy atom. The summed E-state index contributed by atoms with van der Waals surface area (Å²) in [6.45, 7) is 0. The molecular formula is C20H15NO5. The molecule has 1 heterocycles. The zero-order valence-electron chi connectivity index (χ0n) is 13.6. The van der Waals surface area contributed by atoms with E-state index in [1.54, 1.807) is 48.5 Å². The number of anilines is 1. The highest BCUT2D eigenvalue weighted by molar-refractivity contribution is 6.02.